The Morgan fingerprint density at radius 1 is 1.38 bits per heavy atom. The van der Waals surface area contributed by atoms with Gasteiger partial charge >= 0.3 is 0 Å². The van der Waals surface area contributed by atoms with E-state index < -0.39 is 8.32 Å². The Kier molecular flexibility index (Phi) is 4.17. The topological polar surface area (TPSA) is 9.23 Å². The normalized spacial score (nSPS) is 14.9. The molecule has 0 rings (SSSR count). The van der Waals surface area contributed by atoms with Gasteiger partial charge in [-0.3, -0.25) is 0 Å². The van der Waals surface area contributed by atoms with E-state index >= 15 is 0 Å². The van der Waals surface area contributed by atoms with Crippen LogP contribution in [0.15, 0.2) is 18.4 Å². The van der Waals surface area contributed by atoms with Crippen molar-refractivity contribution >= 4 is 8.32 Å². The van der Waals surface area contributed by atoms with Crippen molar-refractivity contribution in [2.24, 2.45) is 0 Å². The van der Waals surface area contributed by atoms with Gasteiger partial charge in [-0.05, 0) is 31.1 Å². The third-order valence-electron chi connectivity index (χ3n) is 2.64. The smallest absolute Gasteiger partial charge is 0.192 e. The zero-order chi connectivity index (χ0) is 10.7. The van der Waals surface area contributed by atoms with Gasteiger partial charge in [0.1, 0.15) is 0 Å². The summed E-state index contributed by atoms with van der Waals surface area (Å²) in [6.07, 6.45) is 2.01. The maximum absolute atomic E-state index is 6.02. The Morgan fingerprint density at radius 3 is 2.15 bits per heavy atom. The second-order valence-electron chi connectivity index (χ2n) is 4.95. The number of hydrogen-bond acceptors (Lipinski definition) is 1. The highest BCUT2D eigenvalue weighted by atomic mass is 28.4. The summed E-state index contributed by atoms with van der Waals surface area (Å²) in [5, 5.41) is 0.274. The molecule has 1 atom stereocenters. The number of rotatable bonds is 3. The van der Waals surface area contributed by atoms with E-state index in [4.69, 9.17) is 4.43 Å². The van der Waals surface area contributed by atoms with E-state index in [1.807, 2.05) is 13.0 Å². The Hall–Kier alpha value is -0.303. The first-order valence-electron chi connectivity index (χ1n) is 4.74. The molecule has 0 aliphatic heterocycles. The standard InChI is InChI=1S/C11H22OSi/c1-8-9-10(2)12-13(6,7)11(3,4)5/h9-10H,1H2,2-7H3/t10-/m0/s1. The van der Waals surface area contributed by atoms with Gasteiger partial charge in [-0.2, -0.15) is 0 Å². The van der Waals surface area contributed by atoms with Gasteiger partial charge in [0, 0.05) is 0 Å². The van der Waals surface area contributed by atoms with Crippen molar-refractivity contribution in [2.45, 2.75) is 51.9 Å². The molecule has 13 heavy (non-hydrogen) atoms. The quantitative estimate of drug-likeness (QED) is 0.496. The summed E-state index contributed by atoms with van der Waals surface area (Å²) in [6, 6.07) is 0. The molecule has 0 N–H and O–H groups in total. The van der Waals surface area contributed by atoms with Gasteiger partial charge < -0.3 is 4.43 Å². The molecule has 0 aromatic rings. The molecular formula is C11H22OSi. The van der Waals surface area contributed by atoms with Crippen LogP contribution in [0.1, 0.15) is 27.7 Å². The van der Waals surface area contributed by atoms with Crippen LogP contribution in [0.4, 0.5) is 0 Å². The minimum Gasteiger partial charge on any atom is -0.410 e. The highest BCUT2D eigenvalue weighted by Crippen LogP contribution is 2.37. The fourth-order valence-corrected chi connectivity index (χ4v) is 2.19. The molecule has 0 saturated heterocycles. The molecule has 0 aromatic heterocycles. The largest absolute Gasteiger partial charge is 0.410 e. The monoisotopic (exact) mass is 198 g/mol. The second kappa shape index (κ2) is 4.27. The predicted octanol–water partition coefficient (Wildman–Crippen LogP) is 3.74. The van der Waals surface area contributed by atoms with E-state index in [2.05, 4.69) is 46.2 Å². The van der Waals surface area contributed by atoms with Crippen LogP contribution in [-0.4, -0.2) is 14.4 Å². The minimum atomic E-state index is -1.60. The Morgan fingerprint density at radius 2 is 1.85 bits per heavy atom. The zero-order valence-electron chi connectivity index (χ0n) is 9.77. The van der Waals surface area contributed by atoms with Crippen molar-refractivity contribution in [2.75, 3.05) is 0 Å². The fraction of sp³-hybridized carbons (Fsp3) is 0.727. The Labute approximate surface area is 83.6 Å². The van der Waals surface area contributed by atoms with Crippen LogP contribution in [0, 0.1) is 0 Å². The minimum absolute atomic E-state index is 0.137. The SMILES string of the molecule is C=C=C[C@H](C)O[Si](C)(C)C(C)(C)C. The molecule has 0 heterocycles. The summed E-state index contributed by atoms with van der Waals surface area (Å²) in [5.74, 6) is 0. The molecule has 1 nitrogen and oxygen atoms in total. The highest BCUT2D eigenvalue weighted by molar-refractivity contribution is 6.74. The third kappa shape index (κ3) is 3.95. The maximum atomic E-state index is 6.02. The third-order valence-corrected chi connectivity index (χ3v) is 7.21. The highest BCUT2D eigenvalue weighted by Gasteiger charge is 2.37. The molecule has 2 heteroatoms. The second-order valence-corrected chi connectivity index (χ2v) is 9.71. The molecule has 0 aromatic carbocycles. The van der Waals surface area contributed by atoms with Crippen LogP contribution >= 0.6 is 0 Å². The Balaban J connectivity index is 4.42. The number of hydrogen-bond donors (Lipinski definition) is 0. The van der Waals surface area contributed by atoms with Crippen molar-refractivity contribution < 1.29 is 4.43 Å². The van der Waals surface area contributed by atoms with Crippen LogP contribution in [0.2, 0.25) is 18.1 Å². The summed E-state index contributed by atoms with van der Waals surface area (Å²) in [4.78, 5) is 0. The summed E-state index contributed by atoms with van der Waals surface area (Å²) >= 11 is 0. The first kappa shape index (κ1) is 12.7. The molecule has 0 aliphatic carbocycles. The molecule has 0 aliphatic rings. The maximum Gasteiger partial charge on any atom is 0.192 e. The van der Waals surface area contributed by atoms with Gasteiger partial charge in [0.15, 0.2) is 8.32 Å². The summed E-state index contributed by atoms with van der Waals surface area (Å²) < 4.78 is 6.02. The van der Waals surface area contributed by atoms with Crippen molar-refractivity contribution in [1.29, 1.82) is 0 Å². The van der Waals surface area contributed by atoms with Crippen LogP contribution in [0.25, 0.3) is 0 Å². The molecule has 0 saturated carbocycles. The van der Waals surface area contributed by atoms with Gasteiger partial charge in [-0.25, -0.2) is 0 Å². The van der Waals surface area contributed by atoms with Gasteiger partial charge in [0.25, 0.3) is 0 Å². The van der Waals surface area contributed by atoms with Crippen molar-refractivity contribution in [3.63, 3.8) is 0 Å². The lowest BCUT2D eigenvalue weighted by Gasteiger charge is -2.37. The lowest BCUT2D eigenvalue weighted by atomic mass is 10.2. The van der Waals surface area contributed by atoms with Gasteiger partial charge in [-0.15, -0.1) is 5.73 Å². The molecule has 0 bridgehead atoms. The van der Waals surface area contributed by atoms with Crippen molar-refractivity contribution in [1.82, 2.24) is 0 Å². The van der Waals surface area contributed by atoms with Crippen LogP contribution in [0.5, 0.6) is 0 Å². The van der Waals surface area contributed by atoms with E-state index in [-0.39, 0.29) is 11.1 Å². The fourth-order valence-electron chi connectivity index (χ4n) is 0.841. The molecule has 76 valence electrons. The molecule has 0 fully saturated rings. The first-order chi connectivity index (χ1) is 5.70. The van der Waals surface area contributed by atoms with Gasteiger partial charge in [-0.1, -0.05) is 27.4 Å². The van der Waals surface area contributed by atoms with E-state index in [1.54, 1.807) is 0 Å². The molecular weight excluding hydrogens is 176 g/mol. The van der Waals surface area contributed by atoms with Crippen molar-refractivity contribution in [3.8, 4) is 0 Å². The van der Waals surface area contributed by atoms with E-state index in [0.717, 1.165) is 0 Å². The van der Waals surface area contributed by atoms with E-state index in [1.165, 1.54) is 0 Å². The average Bonchev–Trinajstić information content (AvgIpc) is 1.83. The predicted molar refractivity (Wildman–Crippen MR) is 61.5 cm³/mol. The molecule has 0 radical (unpaired) electrons. The van der Waals surface area contributed by atoms with Crippen LogP contribution in [0.3, 0.4) is 0 Å². The van der Waals surface area contributed by atoms with E-state index in [9.17, 15) is 0 Å². The lowest BCUT2D eigenvalue weighted by Crippen LogP contribution is -2.42. The van der Waals surface area contributed by atoms with Crippen LogP contribution < -0.4 is 0 Å². The first-order valence-corrected chi connectivity index (χ1v) is 7.65. The van der Waals surface area contributed by atoms with Gasteiger partial charge in [0.2, 0.25) is 0 Å². The van der Waals surface area contributed by atoms with Gasteiger partial charge in [0.05, 0.1) is 6.10 Å². The average molecular weight is 198 g/mol. The summed E-state index contributed by atoms with van der Waals surface area (Å²) in [6.45, 7) is 16.8. The Bertz CT molecular complexity index is 207. The zero-order valence-corrected chi connectivity index (χ0v) is 10.8. The summed E-state index contributed by atoms with van der Waals surface area (Å²) in [5.41, 5.74) is 2.76. The molecule has 0 unspecified atom stereocenters. The van der Waals surface area contributed by atoms with Crippen molar-refractivity contribution in [3.05, 3.63) is 18.4 Å². The van der Waals surface area contributed by atoms with Crippen LogP contribution in [-0.2, 0) is 4.43 Å². The molecule has 0 amide bonds. The van der Waals surface area contributed by atoms with E-state index in [0.29, 0.717) is 0 Å². The lowest BCUT2D eigenvalue weighted by molar-refractivity contribution is 0.243. The summed E-state index contributed by atoms with van der Waals surface area (Å²) in [7, 11) is -1.60. The molecule has 0 spiro atoms.